The zero-order chi connectivity index (χ0) is 21.8. The second kappa shape index (κ2) is 6.97. The predicted molar refractivity (Wildman–Crippen MR) is 125 cm³/mol. The minimum absolute atomic E-state index is 0.104. The molecule has 1 aliphatic rings. The number of fused-ring (bicyclic) bond motifs is 6. The van der Waals surface area contributed by atoms with Gasteiger partial charge >= 0.3 is 0 Å². The summed E-state index contributed by atoms with van der Waals surface area (Å²) in [5.74, 6) is 1.82. The van der Waals surface area contributed by atoms with Crippen molar-refractivity contribution in [2.24, 2.45) is 0 Å². The molecular formula is C27H17N5O. The molecule has 0 aliphatic carbocycles. The SMILES string of the molecule is c1ccc(C2c3c(ccc4ccccc34)Oc3ncn4nc(-c5ccccn5)nc4c32)cc1. The lowest BCUT2D eigenvalue weighted by molar-refractivity contribution is 0.433. The molecule has 4 heterocycles. The van der Waals surface area contributed by atoms with E-state index in [4.69, 9.17) is 9.72 Å². The number of benzene rings is 3. The summed E-state index contributed by atoms with van der Waals surface area (Å²) in [6.07, 6.45) is 3.40. The molecule has 0 spiro atoms. The van der Waals surface area contributed by atoms with Crippen LogP contribution in [-0.2, 0) is 0 Å². The van der Waals surface area contributed by atoms with E-state index in [1.807, 2.05) is 30.3 Å². The molecule has 0 fully saturated rings. The van der Waals surface area contributed by atoms with E-state index >= 15 is 0 Å². The Bertz CT molecular complexity index is 1640. The summed E-state index contributed by atoms with van der Waals surface area (Å²) in [5.41, 5.74) is 4.60. The minimum Gasteiger partial charge on any atom is -0.438 e. The summed E-state index contributed by atoms with van der Waals surface area (Å²) in [4.78, 5) is 13.9. The lowest BCUT2D eigenvalue weighted by Crippen LogP contribution is -2.15. The molecule has 33 heavy (non-hydrogen) atoms. The van der Waals surface area contributed by atoms with Crippen LogP contribution >= 0.6 is 0 Å². The summed E-state index contributed by atoms with van der Waals surface area (Å²) in [6.45, 7) is 0. The Morgan fingerprint density at radius 1 is 0.758 bits per heavy atom. The molecule has 0 saturated carbocycles. The molecule has 1 atom stereocenters. The van der Waals surface area contributed by atoms with Crippen LogP contribution in [0.25, 0.3) is 27.9 Å². The Hall–Kier alpha value is -4.58. The standard InChI is InChI=1S/C27H17N5O/c1-2-9-18(10-3-1)22-23-19-11-5-4-8-17(19)13-14-21(23)33-27-24(22)26-30-25(31-32(26)16-29-27)20-12-6-7-15-28-20/h1-16,22H. The number of hydrogen-bond acceptors (Lipinski definition) is 5. The second-order valence-electron chi connectivity index (χ2n) is 8.03. The number of nitrogens with zero attached hydrogens (tertiary/aromatic N) is 5. The third kappa shape index (κ3) is 2.74. The first kappa shape index (κ1) is 18.0. The highest BCUT2D eigenvalue weighted by molar-refractivity contribution is 5.90. The van der Waals surface area contributed by atoms with Gasteiger partial charge in [-0.3, -0.25) is 4.98 Å². The van der Waals surface area contributed by atoms with E-state index in [-0.39, 0.29) is 5.92 Å². The molecule has 0 radical (unpaired) electrons. The fourth-order valence-corrected chi connectivity index (χ4v) is 4.69. The van der Waals surface area contributed by atoms with E-state index in [2.05, 4.69) is 69.7 Å². The van der Waals surface area contributed by atoms with E-state index in [0.717, 1.165) is 27.8 Å². The Balaban J connectivity index is 1.55. The maximum absolute atomic E-state index is 6.35. The number of rotatable bonds is 2. The van der Waals surface area contributed by atoms with Crippen LogP contribution in [0.5, 0.6) is 11.6 Å². The fourth-order valence-electron chi connectivity index (χ4n) is 4.69. The smallest absolute Gasteiger partial charge is 0.228 e. The van der Waals surface area contributed by atoms with Gasteiger partial charge in [0.15, 0.2) is 5.65 Å². The van der Waals surface area contributed by atoms with Gasteiger partial charge in [-0.2, -0.15) is 0 Å². The Morgan fingerprint density at radius 3 is 2.48 bits per heavy atom. The van der Waals surface area contributed by atoms with E-state index in [1.54, 1.807) is 17.0 Å². The van der Waals surface area contributed by atoms with Gasteiger partial charge in [0.25, 0.3) is 0 Å². The van der Waals surface area contributed by atoms with Crippen molar-refractivity contribution in [3.63, 3.8) is 0 Å². The van der Waals surface area contributed by atoms with E-state index in [0.29, 0.717) is 23.0 Å². The monoisotopic (exact) mass is 427 g/mol. The van der Waals surface area contributed by atoms with Crippen molar-refractivity contribution in [1.29, 1.82) is 0 Å². The molecule has 156 valence electrons. The van der Waals surface area contributed by atoms with Gasteiger partial charge in [-0.15, -0.1) is 5.10 Å². The zero-order valence-electron chi connectivity index (χ0n) is 17.5. The zero-order valence-corrected chi connectivity index (χ0v) is 17.5. The van der Waals surface area contributed by atoms with Crippen LogP contribution in [0.4, 0.5) is 0 Å². The van der Waals surface area contributed by atoms with Gasteiger partial charge in [-0.25, -0.2) is 14.5 Å². The number of pyridine rings is 1. The molecule has 3 aromatic carbocycles. The lowest BCUT2D eigenvalue weighted by Gasteiger charge is -2.29. The van der Waals surface area contributed by atoms with Crippen LogP contribution in [0.3, 0.4) is 0 Å². The van der Waals surface area contributed by atoms with Crippen LogP contribution in [-0.4, -0.2) is 24.6 Å². The topological polar surface area (TPSA) is 65.2 Å². The van der Waals surface area contributed by atoms with E-state index in [9.17, 15) is 0 Å². The van der Waals surface area contributed by atoms with Gasteiger partial charge in [0.05, 0.1) is 5.56 Å². The van der Waals surface area contributed by atoms with E-state index < -0.39 is 0 Å². The van der Waals surface area contributed by atoms with Crippen LogP contribution in [0.2, 0.25) is 0 Å². The normalized spacial score (nSPS) is 14.6. The van der Waals surface area contributed by atoms with Gasteiger partial charge in [-0.05, 0) is 34.5 Å². The minimum atomic E-state index is -0.104. The quantitative estimate of drug-likeness (QED) is 0.358. The highest BCUT2D eigenvalue weighted by atomic mass is 16.5. The molecule has 7 rings (SSSR count). The van der Waals surface area contributed by atoms with Gasteiger partial charge < -0.3 is 4.74 Å². The Kier molecular flexibility index (Phi) is 3.81. The molecule has 3 aromatic heterocycles. The number of aromatic nitrogens is 5. The molecule has 1 aliphatic heterocycles. The predicted octanol–water partition coefficient (Wildman–Crippen LogP) is 5.63. The lowest BCUT2D eigenvalue weighted by atomic mass is 9.81. The van der Waals surface area contributed by atoms with Crippen molar-refractivity contribution in [3.05, 3.63) is 114 Å². The summed E-state index contributed by atoms with van der Waals surface area (Å²) >= 11 is 0. The van der Waals surface area contributed by atoms with Crippen LogP contribution in [0.1, 0.15) is 22.6 Å². The molecule has 1 unspecified atom stereocenters. The highest BCUT2D eigenvalue weighted by Crippen LogP contribution is 2.50. The number of ether oxygens (including phenoxy) is 1. The van der Waals surface area contributed by atoms with Crippen molar-refractivity contribution >= 4 is 16.4 Å². The first-order valence-corrected chi connectivity index (χ1v) is 10.8. The van der Waals surface area contributed by atoms with Crippen LogP contribution in [0, 0.1) is 0 Å². The molecule has 0 N–H and O–H groups in total. The van der Waals surface area contributed by atoms with Gasteiger partial charge in [0.2, 0.25) is 11.7 Å². The Labute approximate surface area is 189 Å². The molecular weight excluding hydrogens is 410 g/mol. The molecule has 0 saturated heterocycles. The van der Waals surface area contributed by atoms with Crippen molar-refractivity contribution < 1.29 is 4.74 Å². The van der Waals surface area contributed by atoms with Gasteiger partial charge in [0.1, 0.15) is 17.8 Å². The summed E-state index contributed by atoms with van der Waals surface area (Å²) in [6, 6.07) is 28.7. The van der Waals surface area contributed by atoms with Crippen LogP contribution in [0.15, 0.2) is 97.5 Å². The third-order valence-corrected chi connectivity index (χ3v) is 6.13. The average Bonchev–Trinajstić information content (AvgIpc) is 3.33. The molecule has 6 heteroatoms. The number of hydrogen-bond donors (Lipinski definition) is 0. The highest BCUT2D eigenvalue weighted by Gasteiger charge is 2.34. The van der Waals surface area contributed by atoms with Gasteiger partial charge in [-0.1, -0.05) is 66.7 Å². The van der Waals surface area contributed by atoms with Crippen molar-refractivity contribution in [3.8, 4) is 23.1 Å². The first-order valence-electron chi connectivity index (χ1n) is 10.8. The van der Waals surface area contributed by atoms with Crippen molar-refractivity contribution in [1.82, 2.24) is 24.6 Å². The first-order chi connectivity index (χ1) is 16.4. The summed E-state index contributed by atoms with van der Waals surface area (Å²) in [5, 5.41) is 6.98. The van der Waals surface area contributed by atoms with Crippen molar-refractivity contribution in [2.75, 3.05) is 0 Å². The molecule has 0 amide bonds. The fraction of sp³-hybridized carbons (Fsp3) is 0.0370. The average molecular weight is 427 g/mol. The third-order valence-electron chi connectivity index (χ3n) is 6.13. The molecule has 6 aromatic rings. The van der Waals surface area contributed by atoms with Crippen molar-refractivity contribution in [2.45, 2.75) is 5.92 Å². The maximum atomic E-state index is 6.35. The second-order valence-corrected chi connectivity index (χ2v) is 8.03. The van der Waals surface area contributed by atoms with E-state index in [1.165, 1.54) is 5.39 Å². The van der Waals surface area contributed by atoms with Gasteiger partial charge in [0, 0.05) is 17.7 Å². The molecule has 6 nitrogen and oxygen atoms in total. The van der Waals surface area contributed by atoms with Crippen LogP contribution < -0.4 is 4.74 Å². The summed E-state index contributed by atoms with van der Waals surface area (Å²) in [7, 11) is 0. The summed E-state index contributed by atoms with van der Waals surface area (Å²) < 4.78 is 8.07. The Morgan fingerprint density at radius 2 is 1.61 bits per heavy atom. The molecule has 0 bridgehead atoms. The maximum Gasteiger partial charge on any atom is 0.228 e. The largest absolute Gasteiger partial charge is 0.438 e.